The molecular formula is C20H31NO3. The number of carbonyl (C=O) groups is 1. The summed E-state index contributed by atoms with van der Waals surface area (Å²) in [5.74, 6) is -0.842. The maximum absolute atomic E-state index is 10.6. The van der Waals surface area contributed by atoms with Gasteiger partial charge in [-0.25, -0.2) is 0 Å². The number of carboxylic acids is 1. The summed E-state index contributed by atoms with van der Waals surface area (Å²) in [6.45, 7) is 2.21. The molecule has 0 saturated heterocycles. The highest BCUT2D eigenvalue weighted by atomic mass is 16.4. The largest absolute Gasteiger partial charge is 0.481 e. The minimum Gasteiger partial charge on any atom is -0.481 e. The van der Waals surface area contributed by atoms with Gasteiger partial charge in [-0.05, 0) is 38.5 Å². The normalized spacial score (nSPS) is 13.5. The summed E-state index contributed by atoms with van der Waals surface area (Å²) in [6, 6.07) is -0.442. The Morgan fingerprint density at radius 2 is 1.71 bits per heavy atom. The van der Waals surface area contributed by atoms with Gasteiger partial charge in [0.2, 0.25) is 0 Å². The highest BCUT2D eigenvalue weighted by Gasteiger charge is 2.05. The summed E-state index contributed by atoms with van der Waals surface area (Å²) in [5.41, 5.74) is 0. The van der Waals surface area contributed by atoms with E-state index in [0.717, 1.165) is 12.8 Å². The summed E-state index contributed by atoms with van der Waals surface area (Å²) in [6.07, 6.45) is 24.0. The Balaban J connectivity index is 3.76. The summed E-state index contributed by atoms with van der Waals surface area (Å²) in [7, 11) is 0. The van der Waals surface area contributed by atoms with Crippen LogP contribution in [0.15, 0.2) is 53.8 Å². The number of allylic oxidation sites excluding steroid dienone is 7. The van der Waals surface area contributed by atoms with E-state index in [1.807, 2.05) is 12.2 Å². The standard InChI is InChI=1S/C20H31NO3/c1-2-3-4-5-6-7-8-9-10-11-12-13-14-16-19(21-24)17-15-18-20(22)23/h6-7,9-10,12-14,16,19H,2-5,8,11,15,17-18H2,1H3,(H,22,23)/b7-6-,10-9-,13-12-,16-14+. The third-order valence-corrected chi connectivity index (χ3v) is 3.46. The van der Waals surface area contributed by atoms with E-state index < -0.39 is 12.0 Å². The van der Waals surface area contributed by atoms with E-state index >= 15 is 0 Å². The molecule has 0 radical (unpaired) electrons. The second kappa shape index (κ2) is 17.4. The molecule has 24 heavy (non-hydrogen) atoms. The molecule has 0 aliphatic heterocycles. The molecule has 0 aromatic carbocycles. The highest BCUT2D eigenvalue weighted by Crippen LogP contribution is 2.06. The van der Waals surface area contributed by atoms with Crippen molar-refractivity contribution in [1.29, 1.82) is 0 Å². The average molecular weight is 333 g/mol. The van der Waals surface area contributed by atoms with Crippen molar-refractivity contribution in [2.24, 2.45) is 5.18 Å². The fraction of sp³-hybridized carbons (Fsp3) is 0.550. The molecule has 0 rings (SSSR count). The van der Waals surface area contributed by atoms with Gasteiger partial charge in [0.25, 0.3) is 0 Å². The monoisotopic (exact) mass is 333 g/mol. The molecule has 0 aromatic rings. The van der Waals surface area contributed by atoms with Crippen LogP contribution in [-0.4, -0.2) is 17.1 Å². The number of hydrogen-bond acceptors (Lipinski definition) is 3. The molecule has 0 amide bonds. The third-order valence-electron chi connectivity index (χ3n) is 3.46. The van der Waals surface area contributed by atoms with E-state index in [-0.39, 0.29) is 6.42 Å². The highest BCUT2D eigenvalue weighted by molar-refractivity contribution is 5.66. The van der Waals surface area contributed by atoms with Crippen LogP contribution in [0.25, 0.3) is 0 Å². The van der Waals surface area contributed by atoms with Crippen molar-refractivity contribution in [2.75, 3.05) is 0 Å². The molecule has 0 aliphatic rings. The second-order valence-corrected chi connectivity index (χ2v) is 5.68. The zero-order chi connectivity index (χ0) is 17.9. The number of nitrogens with zero attached hydrogens (tertiary/aromatic N) is 1. The zero-order valence-electron chi connectivity index (χ0n) is 14.8. The van der Waals surface area contributed by atoms with Gasteiger partial charge >= 0.3 is 5.97 Å². The Hall–Kier alpha value is -1.97. The van der Waals surface area contributed by atoms with Gasteiger partial charge in [0.1, 0.15) is 6.04 Å². The van der Waals surface area contributed by atoms with Crippen LogP contribution >= 0.6 is 0 Å². The summed E-state index contributed by atoms with van der Waals surface area (Å²) in [4.78, 5) is 21.0. The molecule has 1 N–H and O–H groups in total. The van der Waals surface area contributed by atoms with Crippen LogP contribution in [0.3, 0.4) is 0 Å². The number of unbranched alkanes of at least 4 members (excludes halogenated alkanes) is 3. The van der Waals surface area contributed by atoms with Crippen LogP contribution in [0.1, 0.15) is 64.7 Å². The van der Waals surface area contributed by atoms with E-state index in [0.29, 0.717) is 12.8 Å². The van der Waals surface area contributed by atoms with Gasteiger partial charge in [0.15, 0.2) is 0 Å². The van der Waals surface area contributed by atoms with Crippen molar-refractivity contribution < 1.29 is 9.90 Å². The fourth-order valence-corrected chi connectivity index (χ4v) is 2.07. The Morgan fingerprint density at radius 3 is 2.38 bits per heavy atom. The summed E-state index contributed by atoms with van der Waals surface area (Å²) < 4.78 is 0. The second-order valence-electron chi connectivity index (χ2n) is 5.68. The van der Waals surface area contributed by atoms with E-state index in [1.54, 1.807) is 12.2 Å². The lowest BCUT2D eigenvalue weighted by molar-refractivity contribution is -0.137. The number of carboxylic acid groups (broad SMARTS) is 1. The van der Waals surface area contributed by atoms with Crippen molar-refractivity contribution in [3.8, 4) is 0 Å². The number of nitroso groups, excluding NO2 is 1. The lowest BCUT2D eigenvalue weighted by Gasteiger charge is -2.00. The Bertz CT molecular complexity index is 436. The van der Waals surface area contributed by atoms with E-state index in [4.69, 9.17) is 5.11 Å². The first-order chi connectivity index (χ1) is 11.7. The predicted octanol–water partition coefficient (Wildman–Crippen LogP) is 5.96. The van der Waals surface area contributed by atoms with Crippen molar-refractivity contribution >= 4 is 5.97 Å². The quantitative estimate of drug-likeness (QED) is 0.174. The fourth-order valence-electron chi connectivity index (χ4n) is 2.07. The number of aliphatic carboxylic acids is 1. The van der Waals surface area contributed by atoms with Gasteiger partial charge in [0.05, 0.1) is 0 Å². The van der Waals surface area contributed by atoms with Gasteiger partial charge < -0.3 is 5.11 Å². The maximum atomic E-state index is 10.6. The number of rotatable bonds is 15. The summed E-state index contributed by atoms with van der Waals surface area (Å²) in [5, 5.41) is 11.5. The van der Waals surface area contributed by atoms with Crippen molar-refractivity contribution in [2.45, 2.75) is 70.8 Å². The SMILES string of the molecule is CCCCC/C=C\C/C=C\C/C=C\C=C\C(CCCC(=O)O)N=O. The average Bonchev–Trinajstić information content (AvgIpc) is 2.57. The molecule has 1 atom stereocenters. The first-order valence-corrected chi connectivity index (χ1v) is 8.88. The molecule has 4 nitrogen and oxygen atoms in total. The molecule has 0 heterocycles. The maximum Gasteiger partial charge on any atom is 0.303 e. The number of hydrogen-bond donors (Lipinski definition) is 1. The van der Waals surface area contributed by atoms with Gasteiger partial charge in [-0.2, -0.15) is 4.91 Å². The Labute approximate surface area is 146 Å². The predicted molar refractivity (Wildman–Crippen MR) is 101 cm³/mol. The molecule has 1 unspecified atom stereocenters. The first-order valence-electron chi connectivity index (χ1n) is 8.88. The Kier molecular flexibility index (Phi) is 16.0. The van der Waals surface area contributed by atoms with Crippen LogP contribution < -0.4 is 0 Å². The minimum atomic E-state index is -0.842. The minimum absolute atomic E-state index is 0.0769. The lowest BCUT2D eigenvalue weighted by atomic mass is 10.1. The smallest absolute Gasteiger partial charge is 0.303 e. The van der Waals surface area contributed by atoms with Gasteiger partial charge in [-0.3, -0.25) is 4.79 Å². The molecule has 0 saturated carbocycles. The topological polar surface area (TPSA) is 66.7 Å². The third kappa shape index (κ3) is 16.4. The molecule has 0 bridgehead atoms. The van der Waals surface area contributed by atoms with E-state index in [1.165, 1.54) is 25.7 Å². The first kappa shape index (κ1) is 22.0. The summed E-state index contributed by atoms with van der Waals surface area (Å²) >= 11 is 0. The van der Waals surface area contributed by atoms with Gasteiger partial charge in [0, 0.05) is 6.42 Å². The van der Waals surface area contributed by atoms with Crippen LogP contribution in [0.4, 0.5) is 0 Å². The Morgan fingerprint density at radius 1 is 1.00 bits per heavy atom. The molecule has 4 heteroatoms. The van der Waals surface area contributed by atoms with Crippen LogP contribution in [0.2, 0.25) is 0 Å². The van der Waals surface area contributed by atoms with Crippen LogP contribution in [0, 0.1) is 4.91 Å². The van der Waals surface area contributed by atoms with Crippen molar-refractivity contribution in [1.82, 2.24) is 0 Å². The van der Waals surface area contributed by atoms with Crippen LogP contribution in [0.5, 0.6) is 0 Å². The molecule has 0 aliphatic carbocycles. The van der Waals surface area contributed by atoms with Gasteiger partial charge in [-0.15, -0.1) is 0 Å². The van der Waals surface area contributed by atoms with Crippen LogP contribution in [-0.2, 0) is 4.79 Å². The molecule has 134 valence electrons. The lowest BCUT2D eigenvalue weighted by Crippen LogP contribution is -2.01. The van der Waals surface area contributed by atoms with E-state index in [2.05, 4.69) is 36.4 Å². The molecule has 0 aromatic heterocycles. The molecular weight excluding hydrogens is 302 g/mol. The molecule has 0 fully saturated rings. The van der Waals surface area contributed by atoms with Crippen molar-refractivity contribution in [3.63, 3.8) is 0 Å². The zero-order valence-corrected chi connectivity index (χ0v) is 14.8. The van der Waals surface area contributed by atoms with Gasteiger partial charge in [-0.1, -0.05) is 73.6 Å². The van der Waals surface area contributed by atoms with E-state index in [9.17, 15) is 9.70 Å². The molecule has 0 spiro atoms. The van der Waals surface area contributed by atoms with Crippen molar-refractivity contribution in [3.05, 3.63) is 53.5 Å².